The van der Waals surface area contributed by atoms with Crippen LogP contribution in [-0.2, 0) is 0 Å². The molecule has 2 aromatic rings. The van der Waals surface area contributed by atoms with E-state index >= 15 is 0 Å². The van der Waals surface area contributed by atoms with Gasteiger partial charge in [0.1, 0.15) is 5.82 Å². The molecule has 138 valence electrons. The van der Waals surface area contributed by atoms with Gasteiger partial charge in [-0.3, -0.25) is 9.88 Å². The fraction of sp³-hybridized carbons (Fsp3) is 0.571. The third-order valence-corrected chi connectivity index (χ3v) is 5.70. The molecule has 2 aliphatic rings. The lowest BCUT2D eigenvalue weighted by Gasteiger charge is -2.37. The van der Waals surface area contributed by atoms with Gasteiger partial charge in [-0.2, -0.15) is 0 Å². The lowest BCUT2D eigenvalue weighted by Crippen LogP contribution is -2.48. The van der Waals surface area contributed by atoms with Gasteiger partial charge in [-0.1, -0.05) is 19.3 Å². The first kappa shape index (κ1) is 17.4. The largest absolute Gasteiger partial charge is 0.354 e. The summed E-state index contributed by atoms with van der Waals surface area (Å²) in [5, 5.41) is 0. The molecule has 1 aliphatic heterocycles. The number of pyridine rings is 1. The minimum absolute atomic E-state index is 0.776. The third kappa shape index (κ3) is 4.21. The number of hydrogen-bond acceptors (Lipinski definition) is 5. The number of anilines is 1. The maximum absolute atomic E-state index is 4.82. The number of aryl methyl sites for hydroxylation is 1. The van der Waals surface area contributed by atoms with Crippen molar-refractivity contribution in [2.45, 2.75) is 39.0 Å². The number of piperazine rings is 1. The van der Waals surface area contributed by atoms with Gasteiger partial charge >= 0.3 is 0 Å². The van der Waals surface area contributed by atoms with Crippen molar-refractivity contribution in [1.82, 2.24) is 19.9 Å². The second-order valence-corrected chi connectivity index (χ2v) is 7.72. The Morgan fingerprint density at radius 1 is 1.04 bits per heavy atom. The highest BCUT2D eigenvalue weighted by Gasteiger charge is 2.22. The summed E-state index contributed by atoms with van der Waals surface area (Å²) in [6.07, 6.45) is 10.8. The molecule has 2 aromatic heterocycles. The van der Waals surface area contributed by atoms with E-state index in [1.54, 1.807) is 6.20 Å². The lowest BCUT2D eigenvalue weighted by molar-refractivity contribution is 0.192. The van der Waals surface area contributed by atoms with Gasteiger partial charge < -0.3 is 4.90 Å². The van der Waals surface area contributed by atoms with E-state index in [4.69, 9.17) is 4.98 Å². The van der Waals surface area contributed by atoms with Crippen LogP contribution in [0.3, 0.4) is 0 Å². The van der Waals surface area contributed by atoms with Crippen LogP contribution in [0.25, 0.3) is 11.4 Å². The van der Waals surface area contributed by atoms with Crippen LogP contribution in [0.2, 0.25) is 0 Å². The molecule has 1 aliphatic carbocycles. The van der Waals surface area contributed by atoms with E-state index in [0.717, 1.165) is 55.0 Å². The van der Waals surface area contributed by atoms with Crippen LogP contribution in [0.4, 0.5) is 5.82 Å². The van der Waals surface area contributed by atoms with Crippen molar-refractivity contribution in [3.05, 3.63) is 36.3 Å². The van der Waals surface area contributed by atoms with Crippen molar-refractivity contribution in [2.75, 3.05) is 37.6 Å². The average molecular weight is 351 g/mol. The summed E-state index contributed by atoms with van der Waals surface area (Å²) >= 11 is 0. The summed E-state index contributed by atoms with van der Waals surface area (Å²) in [5.41, 5.74) is 1.99. The maximum Gasteiger partial charge on any atom is 0.163 e. The molecule has 2 fully saturated rings. The molecule has 0 spiro atoms. The van der Waals surface area contributed by atoms with Crippen molar-refractivity contribution in [2.24, 2.45) is 5.92 Å². The number of aromatic nitrogens is 3. The van der Waals surface area contributed by atoms with Crippen LogP contribution in [0.15, 0.2) is 30.6 Å². The zero-order valence-electron chi connectivity index (χ0n) is 15.8. The molecule has 0 atom stereocenters. The number of nitrogens with zero attached hydrogens (tertiary/aromatic N) is 5. The Morgan fingerprint density at radius 3 is 2.58 bits per heavy atom. The van der Waals surface area contributed by atoms with Gasteiger partial charge in [0.15, 0.2) is 5.82 Å². The van der Waals surface area contributed by atoms with Gasteiger partial charge in [-0.05, 0) is 37.8 Å². The van der Waals surface area contributed by atoms with Crippen LogP contribution in [0.1, 0.15) is 37.8 Å². The molecule has 0 unspecified atom stereocenters. The molecule has 1 saturated heterocycles. The first-order chi connectivity index (χ1) is 12.8. The van der Waals surface area contributed by atoms with Gasteiger partial charge in [0.05, 0.1) is 0 Å². The standard InChI is InChI=1S/C21H29N5/c1-17-14-20(24-21(23-17)19-8-5-9-22-15-19)26-12-10-25(11-13-26)16-18-6-3-2-4-7-18/h5,8-9,14-15,18H,2-4,6-7,10-13,16H2,1H3. The van der Waals surface area contributed by atoms with Crippen LogP contribution in [-0.4, -0.2) is 52.6 Å². The normalized spacial score (nSPS) is 19.7. The highest BCUT2D eigenvalue weighted by molar-refractivity contribution is 5.56. The van der Waals surface area contributed by atoms with Crippen molar-refractivity contribution in [1.29, 1.82) is 0 Å². The van der Waals surface area contributed by atoms with E-state index in [0.29, 0.717) is 0 Å². The second kappa shape index (κ2) is 8.12. The monoisotopic (exact) mass is 351 g/mol. The Balaban J connectivity index is 1.40. The Morgan fingerprint density at radius 2 is 1.85 bits per heavy atom. The fourth-order valence-electron chi connectivity index (χ4n) is 4.23. The molecule has 0 radical (unpaired) electrons. The van der Waals surface area contributed by atoms with E-state index in [2.05, 4.69) is 25.8 Å². The van der Waals surface area contributed by atoms with E-state index in [-0.39, 0.29) is 0 Å². The van der Waals surface area contributed by atoms with Crippen LogP contribution < -0.4 is 4.90 Å². The second-order valence-electron chi connectivity index (χ2n) is 7.72. The molecule has 5 heteroatoms. The van der Waals surface area contributed by atoms with Gasteiger partial charge in [0.2, 0.25) is 0 Å². The Bertz CT molecular complexity index is 704. The van der Waals surface area contributed by atoms with Gasteiger partial charge in [-0.25, -0.2) is 9.97 Å². The van der Waals surface area contributed by atoms with Gasteiger partial charge in [0, 0.05) is 62.4 Å². The lowest BCUT2D eigenvalue weighted by atomic mass is 9.89. The maximum atomic E-state index is 4.82. The number of rotatable bonds is 4. The molecule has 4 rings (SSSR count). The topological polar surface area (TPSA) is 45.2 Å². The quantitative estimate of drug-likeness (QED) is 0.843. The van der Waals surface area contributed by atoms with Gasteiger partial charge in [-0.15, -0.1) is 0 Å². The Kier molecular flexibility index (Phi) is 5.44. The van der Waals surface area contributed by atoms with E-state index in [1.165, 1.54) is 38.6 Å². The molecule has 5 nitrogen and oxygen atoms in total. The molecule has 0 aromatic carbocycles. The summed E-state index contributed by atoms with van der Waals surface area (Å²) in [4.78, 5) is 18.7. The van der Waals surface area contributed by atoms with Crippen LogP contribution in [0, 0.1) is 12.8 Å². The smallest absolute Gasteiger partial charge is 0.163 e. The third-order valence-electron chi connectivity index (χ3n) is 5.70. The highest BCUT2D eigenvalue weighted by Crippen LogP contribution is 2.25. The van der Waals surface area contributed by atoms with E-state index in [9.17, 15) is 0 Å². The first-order valence-corrected chi connectivity index (χ1v) is 10.0. The summed E-state index contributed by atoms with van der Waals surface area (Å²) in [5.74, 6) is 2.75. The zero-order chi connectivity index (χ0) is 17.8. The summed E-state index contributed by atoms with van der Waals surface area (Å²) in [6.45, 7) is 7.72. The van der Waals surface area contributed by atoms with E-state index in [1.807, 2.05) is 25.3 Å². The highest BCUT2D eigenvalue weighted by atomic mass is 15.3. The van der Waals surface area contributed by atoms with Crippen LogP contribution >= 0.6 is 0 Å². The molecule has 3 heterocycles. The van der Waals surface area contributed by atoms with Crippen molar-refractivity contribution in [3.8, 4) is 11.4 Å². The SMILES string of the molecule is Cc1cc(N2CCN(CC3CCCCC3)CC2)nc(-c2cccnc2)n1. The van der Waals surface area contributed by atoms with Crippen molar-refractivity contribution in [3.63, 3.8) is 0 Å². The zero-order valence-corrected chi connectivity index (χ0v) is 15.8. The van der Waals surface area contributed by atoms with Gasteiger partial charge in [0.25, 0.3) is 0 Å². The minimum Gasteiger partial charge on any atom is -0.354 e. The summed E-state index contributed by atoms with van der Waals surface area (Å²) in [7, 11) is 0. The summed E-state index contributed by atoms with van der Waals surface area (Å²) < 4.78 is 0. The molecule has 1 saturated carbocycles. The molecule has 0 bridgehead atoms. The molecule has 0 N–H and O–H groups in total. The Labute approximate surface area is 156 Å². The number of hydrogen-bond donors (Lipinski definition) is 0. The van der Waals surface area contributed by atoms with Crippen molar-refractivity contribution >= 4 is 5.82 Å². The molecular weight excluding hydrogens is 322 g/mol. The summed E-state index contributed by atoms with van der Waals surface area (Å²) in [6, 6.07) is 6.06. The fourth-order valence-corrected chi connectivity index (χ4v) is 4.23. The van der Waals surface area contributed by atoms with Crippen LogP contribution in [0.5, 0.6) is 0 Å². The molecule has 26 heavy (non-hydrogen) atoms. The Hall–Kier alpha value is -2.01. The average Bonchev–Trinajstić information content (AvgIpc) is 2.70. The predicted octanol–water partition coefficient (Wildman–Crippen LogP) is 3.55. The predicted molar refractivity (Wildman–Crippen MR) is 105 cm³/mol. The molecular formula is C21H29N5. The van der Waals surface area contributed by atoms with Crippen molar-refractivity contribution < 1.29 is 0 Å². The van der Waals surface area contributed by atoms with E-state index < -0.39 is 0 Å². The minimum atomic E-state index is 0.776. The molecule has 0 amide bonds. The first-order valence-electron chi connectivity index (χ1n) is 10.0.